The van der Waals surface area contributed by atoms with Crippen molar-refractivity contribution in [2.75, 3.05) is 18.1 Å². The Balaban J connectivity index is 3.55. The lowest BCUT2D eigenvalue weighted by Crippen LogP contribution is -2.31. The smallest absolute Gasteiger partial charge is 0.0161 e. The summed E-state index contributed by atoms with van der Waals surface area (Å²) in [6, 6.07) is 0.668. The Labute approximate surface area is 93.7 Å². The van der Waals surface area contributed by atoms with Gasteiger partial charge in [0.15, 0.2) is 0 Å². The molecule has 0 rings (SSSR count). The molecular formula is C12H25NS. The summed E-state index contributed by atoms with van der Waals surface area (Å²) in [5, 5.41) is 3.52. The maximum Gasteiger partial charge on any atom is 0.0161 e. The highest BCUT2D eigenvalue weighted by atomic mass is 32.2. The molecule has 0 radical (unpaired) electrons. The van der Waals surface area contributed by atoms with E-state index in [2.05, 4.69) is 44.4 Å². The molecule has 0 amide bonds. The van der Waals surface area contributed by atoms with Crippen molar-refractivity contribution in [2.24, 2.45) is 5.92 Å². The Morgan fingerprint density at radius 3 is 2.57 bits per heavy atom. The van der Waals surface area contributed by atoms with E-state index in [1.807, 2.05) is 6.08 Å². The van der Waals surface area contributed by atoms with Gasteiger partial charge in [-0.3, -0.25) is 0 Å². The van der Waals surface area contributed by atoms with Crippen LogP contribution < -0.4 is 5.32 Å². The van der Waals surface area contributed by atoms with Crippen LogP contribution in [0.3, 0.4) is 0 Å². The van der Waals surface area contributed by atoms with Crippen LogP contribution in [0.5, 0.6) is 0 Å². The summed E-state index contributed by atoms with van der Waals surface area (Å²) in [6.45, 7) is 11.6. The zero-order chi connectivity index (χ0) is 10.8. The fourth-order valence-electron chi connectivity index (χ4n) is 1.30. The van der Waals surface area contributed by atoms with Crippen molar-refractivity contribution >= 4 is 11.8 Å². The lowest BCUT2D eigenvalue weighted by Gasteiger charge is -2.17. The first-order valence-electron chi connectivity index (χ1n) is 5.62. The molecule has 0 saturated heterocycles. The van der Waals surface area contributed by atoms with Gasteiger partial charge in [0.1, 0.15) is 0 Å². The van der Waals surface area contributed by atoms with Crippen molar-refractivity contribution in [1.29, 1.82) is 0 Å². The molecule has 0 aliphatic rings. The highest BCUT2D eigenvalue weighted by Gasteiger charge is 2.06. The van der Waals surface area contributed by atoms with E-state index < -0.39 is 0 Å². The van der Waals surface area contributed by atoms with Crippen LogP contribution in [-0.2, 0) is 0 Å². The standard InChI is InChI=1S/C12H25NS/c1-5-7-8-12(13-6-2)10-14-9-11(3)4/h5,11-13H,1,6-10H2,2-4H3. The normalized spacial score (nSPS) is 13.1. The van der Waals surface area contributed by atoms with Gasteiger partial charge in [-0.25, -0.2) is 0 Å². The molecule has 0 aromatic rings. The van der Waals surface area contributed by atoms with Crippen molar-refractivity contribution in [3.63, 3.8) is 0 Å². The van der Waals surface area contributed by atoms with Crippen LogP contribution in [0, 0.1) is 5.92 Å². The zero-order valence-electron chi connectivity index (χ0n) is 9.88. The third-order valence-corrected chi connectivity index (χ3v) is 3.52. The Kier molecular flexibility index (Phi) is 9.63. The summed E-state index contributed by atoms with van der Waals surface area (Å²) < 4.78 is 0. The maximum atomic E-state index is 3.77. The molecule has 0 heterocycles. The van der Waals surface area contributed by atoms with E-state index in [-0.39, 0.29) is 0 Å². The topological polar surface area (TPSA) is 12.0 Å². The minimum Gasteiger partial charge on any atom is -0.313 e. The fraction of sp³-hybridized carbons (Fsp3) is 0.833. The molecule has 14 heavy (non-hydrogen) atoms. The Hall–Kier alpha value is 0.0500. The third-order valence-electron chi connectivity index (χ3n) is 1.98. The highest BCUT2D eigenvalue weighted by Crippen LogP contribution is 2.11. The summed E-state index contributed by atoms with van der Waals surface area (Å²) in [7, 11) is 0. The number of hydrogen-bond donors (Lipinski definition) is 1. The van der Waals surface area contributed by atoms with Gasteiger partial charge in [-0.1, -0.05) is 26.8 Å². The first-order valence-corrected chi connectivity index (χ1v) is 6.78. The van der Waals surface area contributed by atoms with E-state index in [1.54, 1.807) is 0 Å². The second-order valence-corrected chi connectivity index (χ2v) is 5.13. The molecule has 0 bridgehead atoms. The third kappa shape index (κ3) is 8.64. The second kappa shape index (κ2) is 9.60. The molecule has 0 fully saturated rings. The van der Waals surface area contributed by atoms with Crippen LogP contribution in [0.2, 0.25) is 0 Å². The summed E-state index contributed by atoms with van der Waals surface area (Å²) in [4.78, 5) is 0. The summed E-state index contributed by atoms with van der Waals surface area (Å²) in [5.41, 5.74) is 0. The second-order valence-electron chi connectivity index (χ2n) is 4.05. The average Bonchev–Trinajstić information content (AvgIpc) is 2.13. The number of allylic oxidation sites excluding steroid dienone is 1. The van der Waals surface area contributed by atoms with Gasteiger partial charge in [0.25, 0.3) is 0 Å². The van der Waals surface area contributed by atoms with Crippen LogP contribution >= 0.6 is 11.8 Å². The molecule has 1 atom stereocenters. The van der Waals surface area contributed by atoms with E-state index in [0.29, 0.717) is 6.04 Å². The number of thioether (sulfide) groups is 1. The van der Waals surface area contributed by atoms with Gasteiger partial charge < -0.3 is 5.32 Å². The SMILES string of the molecule is C=CCCC(CSCC(C)C)NCC. The van der Waals surface area contributed by atoms with Gasteiger partial charge in [0.2, 0.25) is 0 Å². The quantitative estimate of drug-likeness (QED) is 0.592. The molecule has 0 aliphatic heterocycles. The van der Waals surface area contributed by atoms with Crippen molar-refractivity contribution in [3.05, 3.63) is 12.7 Å². The lowest BCUT2D eigenvalue weighted by atomic mass is 10.2. The maximum absolute atomic E-state index is 3.77. The van der Waals surface area contributed by atoms with Crippen molar-refractivity contribution in [3.8, 4) is 0 Å². The van der Waals surface area contributed by atoms with Gasteiger partial charge in [0.05, 0.1) is 0 Å². The summed E-state index contributed by atoms with van der Waals surface area (Å²) in [6.07, 6.45) is 4.36. The monoisotopic (exact) mass is 215 g/mol. The first-order chi connectivity index (χ1) is 6.70. The van der Waals surface area contributed by atoms with Crippen LogP contribution in [-0.4, -0.2) is 24.1 Å². The van der Waals surface area contributed by atoms with Crippen LogP contribution in [0.25, 0.3) is 0 Å². The Morgan fingerprint density at radius 2 is 2.07 bits per heavy atom. The van der Waals surface area contributed by atoms with Crippen LogP contribution in [0.1, 0.15) is 33.6 Å². The molecule has 0 spiro atoms. The zero-order valence-corrected chi connectivity index (χ0v) is 10.7. The van der Waals surface area contributed by atoms with Crippen molar-refractivity contribution in [2.45, 2.75) is 39.7 Å². The summed E-state index contributed by atoms with van der Waals surface area (Å²) in [5.74, 6) is 3.32. The molecule has 0 saturated carbocycles. The van der Waals surface area contributed by atoms with E-state index in [0.717, 1.165) is 18.9 Å². The molecule has 0 aromatic carbocycles. The molecule has 1 unspecified atom stereocenters. The predicted octanol–water partition coefficient (Wildman–Crippen LogP) is 3.32. The van der Waals surface area contributed by atoms with E-state index >= 15 is 0 Å². The predicted molar refractivity (Wildman–Crippen MR) is 69.1 cm³/mol. The molecule has 2 heteroatoms. The first kappa shape index (κ1) is 14.1. The molecular weight excluding hydrogens is 190 g/mol. The molecule has 1 nitrogen and oxygen atoms in total. The largest absolute Gasteiger partial charge is 0.313 e. The number of nitrogens with one attached hydrogen (secondary N) is 1. The van der Waals surface area contributed by atoms with E-state index in [9.17, 15) is 0 Å². The number of rotatable bonds is 9. The molecule has 0 aromatic heterocycles. The van der Waals surface area contributed by atoms with Crippen molar-refractivity contribution < 1.29 is 0 Å². The minimum absolute atomic E-state index is 0.668. The van der Waals surface area contributed by atoms with E-state index in [4.69, 9.17) is 0 Å². The van der Waals surface area contributed by atoms with Crippen LogP contribution in [0.15, 0.2) is 12.7 Å². The van der Waals surface area contributed by atoms with Gasteiger partial charge in [0, 0.05) is 11.8 Å². The van der Waals surface area contributed by atoms with Gasteiger partial charge in [-0.05, 0) is 31.1 Å². The van der Waals surface area contributed by atoms with Crippen molar-refractivity contribution in [1.82, 2.24) is 5.32 Å². The highest BCUT2D eigenvalue weighted by molar-refractivity contribution is 7.99. The molecule has 84 valence electrons. The Morgan fingerprint density at radius 1 is 1.36 bits per heavy atom. The summed E-state index contributed by atoms with van der Waals surface area (Å²) >= 11 is 2.06. The van der Waals surface area contributed by atoms with E-state index in [1.165, 1.54) is 17.9 Å². The lowest BCUT2D eigenvalue weighted by molar-refractivity contribution is 0.541. The van der Waals surface area contributed by atoms with Gasteiger partial charge in [-0.2, -0.15) is 11.8 Å². The average molecular weight is 215 g/mol. The minimum atomic E-state index is 0.668. The van der Waals surface area contributed by atoms with Crippen LogP contribution in [0.4, 0.5) is 0 Å². The van der Waals surface area contributed by atoms with Gasteiger partial charge in [-0.15, -0.1) is 6.58 Å². The van der Waals surface area contributed by atoms with Gasteiger partial charge >= 0.3 is 0 Å². The molecule has 0 aliphatic carbocycles. The Bertz CT molecular complexity index is 134. The molecule has 1 N–H and O–H groups in total. The fourth-order valence-corrected chi connectivity index (χ4v) is 2.47. The number of hydrogen-bond acceptors (Lipinski definition) is 2.